The lowest BCUT2D eigenvalue weighted by Gasteiger charge is -2.35. The molecule has 0 aromatic carbocycles. The first-order chi connectivity index (χ1) is 9.54. The highest BCUT2D eigenvalue weighted by Gasteiger charge is 2.30. The van der Waals surface area contributed by atoms with E-state index in [0.29, 0.717) is 24.6 Å². The van der Waals surface area contributed by atoms with Gasteiger partial charge in [-0.25, -0.2) is 4.98 Å². The fourth-order valence-corrected chi connectivity index (χ4v) is 2.44. The van der Waals surface area contributed by atoms with Gasteiger partial charge in [0.05, 0.1) is 4.92 Å². The summed E-state index contributed by atoms with van der Waals surface area (Å²) in [7, 11) is 0. The number of carbonyl (C=O) groups excluding carboxylic acids is 1. The largest absolute Gasteiger partial charge is 0.353 e. The van der Waals surface area contributed by atoms with Gasteiger partial charge in [-0.05, 0) is 19.4 Å². The van der Waals surface area contributed by atoms with E-state index < -0.39 is 4.92 Å². The second kappa shape index (κ2) is 5.85. The van der Waals surface area contributed by atoms with Crippen molar-refractivity contribution in [2.75, 3.05) is 18.0 Å². The van der Waals surface area contributed by atoms with Crippen LogP contribution in [0.25, 0.3) is 0 Å². The van der Waals surface area contributed by atoms with Crippen molar-refractivity contribution in [3.8, 4) is 0 Å². The Labute approximate surface area is 117 Å². The Morgan fingerprint density at radius 2 is 2.30 bits per heavy atom. The zero-order chi connectivity index (χ0) is 14.7. The van der Waals surface area contributed by atoms with Crippen molar-refractivity contribution in [3.05, 3.63) is 27.9 Å². The molecule has 1 amide bonds. The molecule has 108 valence electrons. The van der Waals surface area contributed by atoms with Crippen LogP contribution in [0.2, 0.25) is 0 Å². The fraction of sp³-hybridized carbons (Fsp3) is 0.538. The van der Waals surface area contributed by atoms with Crippen LogP contribution in [-0.2, 0) is 4.79 Å². The summed E-state index contributed by atoms with van der Waals surface area (Å²) in [5, 5.41) is 13.7. The highest BCUT2D eigenvalue weighted by molar-refractivity contribution is 5.86. The van der Waals surface area contributed by atoms with Gasteiger partial charge in [0, 0.05) is 19.2 Å². The summed E-state index contributed by atoms with van der Waals surface area (Å²) in [5.74, 6) is 0.623. The van der Waals surface area contributed by atoms with Crippen molar-refractivity contribution in [3.63, 3.8) is 0 Å². The molecule has 1 aromatic rings. The lowest BCUT2D eigenvalue weighted by molar-refractivity contribution is -0.385. The number of hydrogen-bond acceptors (Lipinski definition) is 5. The van der Waals surface area contributed by atoms with Crippen molar-refractivity contribution < 1.29 is 9.72 Å². The molecule has 0 bridgehead atoms. The van der Waals surface area contributed by atoms with Gasteiger partial charge in [-0.2, -0.15) is 0 Å². The molecule has 0 unspecified atom stereocenters. The lowest BCUT2D eigenvalue weighted by Crippen LogP contribution is -2.55. The van der Waals surface area contributed by atoms with E-state index in [2.05, 4.69) is 10.3 Å². The number of amides is 1. The Kier molecular flexibility index (Phi) is 4.16. The van der Waals surface area contributed by atoms with Crippen LogP contribution in [0.4, 0.5) is 11.5 Å². The van der Waals surface area contributed by atoms with Gasteiger partial charge >= 0.3 is 0 Å². The number of piperazine rings is 1. The van der Waals surface area contributed by atoms with Gasteiger partial charge in [0.2, 0.25) is 5.91 Å². The Morgan fingerprint density at radius 1 is 1.55 bits per heavy atom. The third-order valence-corrected chi connectivity index (χ3v) is 3.43. The van der Waals surface area contributed by atoms with E-state index in [1.807, 2.05) is 11.8 Å². The topological polar surface area (TPSA) is 88.4 Å². The normalized spacial score (nSPS) is 18.8. The number of aryl methyl sites for hydroxylation is 1. The second-order valence-electron chi connectivity index (χ2n) is 4.82. The van der Waals surface area contributed by atoms with Gasteiger partial charge in [0.15, 0.2) is 0 Å². The summed E-state index contributed by atoms with van der Waals surface area (Å²) in [5.41, 5.74) is 0.371. The smallest absolute Gasteiger partial charge is 0.290 e. The molecule has 20 heavy (non-hydrogen) atoms. The number of carbonyl (C=O) groups is 1. The zero-order valence-corrected chi connectivity index (χ0v) is 11.6. The van der Waals surface area contributed by atoms with Crippen LogP contribution in [0.1, 0.15) is 25.5 Å². The second-order valence-corrected chi connectivity index (χ2v) is 4.82. The van der Waals surface area contributed by atoms with Crippen molar-refractivity contribution >= 4 is 17.4 Å². The Hall–Kier alpha value is -2.18. The van der Waals surface area contributed by atoms with E-state index in [4.69, 9.17) is 0 Å². The number of nitrogens with zero attached hydrogens (tertiary/aromatic N) is 3. The first-order valence-corrected chi connectivity index (χ1v) is 6.71. The van der Waals surface area contributed by atoms with Crippen molar-refractivity contribution in [2.24, 2.45) is 0 Å². The van der Waals surface area contributed by atoms with Crippen LogP contribution in [0.5, 0.6) is 0 Å². The molecule has 0 aliphatic carbocycles. The number of hydrogen-bond donors (Lipinski definition) is 1. The number of pyridine rings is 1. The molecule has 1 aliphatic heterocycles. The Balaban J connectivity index is 2.31. The average molecular weight is 278 g/mol. The van der Waals surface area contributed by atoms with E-state index in [1.54, 1.807) is 13.0 Å². The molecular formula is C13H18N4O3. The molecule has 2 heterocycles. The number of nitrogens with one attached hydrogen (secondary N) is 1. The minimum atomic E-state index is -0.446. The maximum Gasteiger partial charge on any atom is 0.290 e. The number of rotatable bonds is 4. The molecule has 7 nitrogen and oxygen atoms in total. The molecular weight excluding hydrogens is 260 g/mol. The maximum atomic E-state index is 11.9. The van der Waals surface area contributed by atoms with E-state index in [-0.39, 0.29) is 17.6 Å². The summed E-state index contributed by atoms with van der Waals surface area (Å²) >= 11 is 0. The molecule has 1 fully saturated rings. The highest BCUT2D eigenvalue weighted by Crippen LogP contribution is 2.24. The standard InChI is InChI=1S/C13H18N4O3/c1-3-4-11-13(18)14-7-8-16(11)12-6-5-10(17(19)20)9(2)15-12/h5-6,11H,3-4,7-8H2,1-2H3,(H,14,18)/t11-/m1/s1. The monoisotopic (exact) mass is 278 g/mol. The van der Waals surface area contributed by atoms with Gasteiger partial charge in [-0.15, -0.1) is 0 Å². The predicted molar refractivity (Wildman–Crippen MR) is 74.7 cm³/mol. The van der Waals surface area contributed by atoms with Gasteiger partial charge in [0.25, 0.3) is 5.69 Å². The Morgan fingerprint density at radius 3 is 2.90 bits per heavy atom. The first kappa shape index (κ1) is 14.2. The molecule has 1 aliphatic rings. The van der Waals surface area contributed by atoms with Crippen molar-refractivity contribution in [1.82, 2.24) is 10.3 Å². The summed E-state index contributed by atoms with van der Waals surface area (Å²) in [6.45, 7) is 4.87. The Bertz CT molecular complexity index is 532. The van der Waals surface area contributed by atoms with Crippen LogP contribution in [0.3, 0.4) is 0 Å². The van der Waals surface area contributed by atoms with E-state index in [1.165, 1.54) is 6.07 Å². The summed E-state index contributed by atoms with van der Waals surface area (Å²) in [6, 6.07) is 2.82. The van der Waals surface area contributed by atoms with Crippen molar-refractivity contribution in [2.45, 2.75) is 32.7 Å². The average Bonchev–Trinajstić information content (AvgIpc) is 2.40. The molecule has 7 heteroatoms. The molecule has 0 saturated carbocycles. The molecule has 1 saturated heterocycles. The summed E-state index contributed by atoms with van der Waals surface area (Å²) < 4.78 is 0. The van der Waals surface area contributed by atoms with Gasteiger partial charge < -0.3 is 10.2 Å². The first-order valence-electron chi connectivity index (χ1n) is 6.71. The predicted octanol–water partition coefficient (Wildman–Crippen LogP) is 1.40. The minimum absolute atomic E-state index is 0.00209. The third-order valence-electron chi connectivity index (χ3n) is 3.43. The maximum absolute atomic E-state index is 11.9. The fourth-order valence-electron chi connectivity index (χ4n) is 2.44. The van der Waals surface area contributed by atoms with Crippen molar-refractivity contribution in [1.29, 1.82) is 0 Å². The number of anilines is 1. The lowest BCUT2D eigenvalue weighted by atomic mass is 10.1. The van der Waals surface area contributed by atoms with E-state index >= 15 is 0 Å². The van der Waals surface area contributed by atoms with Crippen LogP contribution in [-0.4, -0.2) is 34.9 Å². The van der Waals surface area contributed by atoms with Crippen LogP contribution in [0.15, 0.2) is 12.1 Å². The third kappa shape index (κ3) is 2.71. The van der Waals surface area contributed by atoms with E-state index in [0.717, 1.165) is 12.8 Å². The molecule has 0 radical (unpaired) electrons. The molecule has 1 atom stereocenters. The van der Waals surface area contributed by atoms with Crippen LogP contribution >= 0.6 is 0 Å². The van der Waals surface area contributed by atoms with Gasteiger partial charge in [0.1, 0.15) is 17.6 Å². The van der Waals surface area contributed by atoms with Gasteiger partial charge in [-0.1, -0.05) is 13.3 Å². The minimum Gasteiger partial charge on any atom is -0.353 e. The summed E-state index contributed by atoms with van der Waals surface area (Å²) in [6.07, 6.45) is 1.63. The summed E-state index contributed by atoms with van der Waals surface area (Å²) in [4.78, 5) is 28.5. The molecule has 1 aromatic heterocycles. The quantitative estimate of drug-likeness (QED) is 0.664. The van der Waals surface area contributed by atoms with Crippen LogP contribution < -0.4 is 10.2 Å². The van der Waals surface area contributed by atoms with E-state index in [9.17, 15) is 14.9 Å². The van der Waals surface area contributed by atoms with Crippen LogP contribution in [0, 0.1) is 17.0 Å². The highest BCUT2D eigenvalue weighted by atomic mass is 16.6. The SMILES string of the molecule is CCC[C@@H]1C(=O)NCCN1c1ccc([N+](=O)[O-])c(C)n1. The zero-order valence-electron chi connectivity index (χ0n) is 11.6. The molecule has 2 rings (SSSR count). The number of nitro groups is 1. The van der Waals surface area contributed by atoms with Gasteiger partial charge in [-0.3, -0.25) is 14.9 Å². The molecule has 0 spiro atoms. The number of aromatic nitrogens is 1. The molecule has 1 N–H and O–H groups in total.